The number of nitriles is 1. The maximum Gasteiger partial charge on any atom is 0.127 e. The molecule has 0 radical (unpaired) electrons. The lowest BCUT2D eigenvalue weighted by Crippen LogP contribution is -2.39. The molecule has 6 nitrogen and oxygen atoms in total. The highest BCUT2D eigenvalue weighted by atomic mass is 28.3. The second kappa shape index (κ2) is 11.3. The van der Waals surface area contributed by atoms with Crippen molar-refractivity contribution >= 4 is 19.1 Å². The van der Waals surface area contributed by atoms with Gasteiger partial charge in [-0.3, -0.25) is 9.88 Å². The Morgan fingerprint density at radius 1 is 1.24 bits per heavy atom. The molecule has 4 rings (SSSR count). The van der Waals surface area contributed by atoms with Gasteiger partial charge >= 0.3 is 0 Å². The third-order valence-electron chi connectivity index (χ3n) is 6.67. The molecule has 7 heteroatoms. The maximum absolute atomic E-state index is 9.23. The van der Waals surface area contributed by atoms with Gasteiger partial charge in [0.25, 0.3) is 0 Å². The van der Waals surface area contributed by atoms with Crippen LogP contribution >= 0.6 is 0 Å². The Labute approximate surface area is 204 Å². The Bertz CT molecular complexity index is 1080. The molecular weight excluding hydrogens is 438 g/mol. The summed E-state index contributed by atoms with van der Waals surface area (Å²) in [5.41, 5.74) is 4.54. The maximum atomic E-state index is 9.23. The Morgan fingerprint density at radius 2 is 2.09 bits per heavy atom. The van der Waals surface area contributed by atoms with E-state index in [-0.39, 0.29) is 12.1 Å². The normalized spacial score (nSPS) is 17.0. The van der Waals surface area contributed by atoms with Crippen molar-refractivity contribution < 1.29 is 4.74 Å². The molecule has 34 heavy (non-hydrogen) atoms. The summed E-state index contributed by atoms with van der Waals surface area (Å²) >= 11 is 0. The fourth-order valence-electron chi connectivity index (χ4n) is 4.81. The number of pyridine rings is 1. The number of unbranched alkanes of at least 4 members (excludes halogenated alkanes) is 1. The third-order valence-corrected chi connectivity index (χ3v) is 8.37. The molecule has 2 aromatic heterocycles. The summed E-state index contributed by atoms with van der Waals surface area (Å²) in [5, 5.41) is 9.23. The number of imidazole rings is 1. The van der Waals surface area contributed by atoms with Crippen LogP contribution in [0.5, 0.6) is 0 Å². The van der Waals surface area contributed by atoms with E-state index < -0.39 is 8.07 Å². The van der Waals surface area contributed by atoms with Crippen LogP contribution in [0.15, 0.2) is 42.6 Å². The average Bonchev–Trinajstić information content (AvgIpc) is 3.26. The minimum atomic E-state index is -1.18. The number of fused-ring (bicyclic) bond motifs is 2. The van der Waals surface area contributed by atoms with E-state index in [1.807, 2.05) is 24.4 Å². The molecule has 0 saturated carbocycles. The van der Waals surface area contributed by atoms with E-state index in [0.717, 1.165) is 61.7 Å². The van der Waals surface area contributed by atoms with E-state index in [4.69, 9.17) is 14.7 Å². The molecule has 0 amide bonds. The third kappa shape index (κ3) is 6.12. The zero-order valence-corrected chi connectivity index (χ0v) is 21.8. The number of aromatic nitrogens is 3. The Morgan fingerprint density at radius 3 is 2.88 bits per heavy atom. The van der Waals surface area contributed by atoms with Crippen LogP contribution in [0.25, 0.3) is 11.0 Å². The molecular formula is C27H37N5OSi. The number of hydrogen-bond donors (Lipinski definition) is 1. The van der Waals surface area contributed by atoms with Gasteiger partial charge in [0.05, 0.1) is 41.5 Å². The molecule has 3 aromatic rings. The van der Waals surface area contributed by atoms with Crippen LogP contribution in [0.2, 0.25) is 25.7 Å². The highest BCUT2D eigenvalue weighted by Gasteiger charge is 2.34. The second-order valence-corrected chi connectivity index (χ2v) is 16.1. The number of rotatable bonds is 11. The number of hydrogen-bond acceptors (Lipinski definition) is 5. The fraction of sp³-hybridized carbons (Fsp3) is 0.519. The topological polar surface area (TPSA) is 77.8 Å². The molecule has 0 spiro atoms. The van der Waals surface area contributed by atoms with E-state index in [1.165, 1.54) is 11.3 Å². The number of ether oxygens (including phenoxy) is 1. The average molecular weight is 476 g/mol. The van der Waals surface area contributed by atoms with Gasteiger partial charge in [0.1, 0.15) is 5.82 Å². The van der Waals surface area contributed by atoms with Gasteiger partial charge in [0, 0.05) is 33.8 Å². The van der Waals surface area contributed by atoms with Crippen LogP contribution in [0, 0.1) is 11.3 Å². The first-order valence-electron chi connectivity index (χ1n) is 12.5. The minimum absolute atomic E-state index is 0.0225. The van der Waals surface area contributed by atoms with E-state index >= 15 is 0 Å². The van der Waals surface area contributed by atoms with Crippen molar-refractivity contribution in [3.63, 3.8) is 0 Å². The standard InChI is InChI=1S/C27H37N5OSi/c1-34(2,3)19-18-33-20-25(27-30-22-12-4-5-13-23(22)31-27)32(17-7-6-15-28)24-14-8-10-21-11-9-16-29-26(21)24/h4-5,9,11-13,16,24-25H,6-8,10,14,17-20H2,1-3H3,(H,30,31). The summed E-state index contributed by atoms with van der Waals surface area (Å²) in [5.74, 6) is 0.939. The van der Waals surface area contributed by atoms with Gasteiger partial charge in [-0.1, -0.05) is 37.8 Å². The van der Waals surface area contributed by atoms with Crippen molar-refractivity contribution in [3.05, 3.63) is 59.7 Å². The van der Waals surface area contributed by atoms with Gasteiger partial charge in [-0.15, -0.1) is 0 Å². The number of benzene rings is 1. The molecule has 0 aliphatic heterocycles. The molecule has 0 bridgehead atoms. The lowest BCUT2D eigenvalue weighted by atomic mass is 9.89. The molecule has 2 heterocycles. The van der Waals surface area contributed by atoms with Gasteiger partial charge < -0.3 is 9.72 Å². The first kappa shape index (κ1) is 24.6. The summed E-state index contributed by atoms with van der Waals surface area (Å²) in [4.78, 5) is 15.9. The van der Waals surface area contributed by atoms with Crippen molar-refractivity contribution in [2.24, 2.45) is 0 Å². The number of aromatic amines is 1. The van der Waals surface area contributed by atoms with E-state index in [2.05, 4.69) is 53.8 Å². The van der Waals surface area contributed by atoms with E-state index in [1.54, 1.807) is 0 Å². The molecule has 1 aromatic carbocycles. The zero-order valence-electron chi connectivity index (χ0n) is 20.8. The first-order chi connectivity index (χ1) is 16.5. The van der Waals surface area contributed by atoms with Crippen LogP contribution in [0.1, 0.15) is 54.8 Å². The first-order valence-corrected chi connectivity index (χ1v) is 16.3. The largest absolute Gasteiger partial charge is 0.380 e. The summed E-state index contributed by atoms with van der Waals surface area (Å²) in [7, 11) is -1.18. The molecule has 0 fully saturated rings. The number of aryl methyl sites for hydroxylation is 1. The summed E-state index contributed by atoms with van der Waals surface area (Å²) < 4.78 is 6.34. The molecule has 0 saturated heterocycles. The van der Waals surface area contributed by atoms with Crippen LogP contribution in [0.4, 0.5) is 0 Å². The van der Waals surface area contributed by atoms with E-state index in [0.29, 0.717) is 13.0 Å². The number of para-hydroxylation sites is 2. The van der Waals surface area contributed by atoms with Crippen molar-refractivity contribution in [3.8, 4) is 6.07 Å². The Kier molecular flexibility index (Phi) is 8.14. The minimum Gasteiger partial charge on any atom is -0.380 e. The van der Waals surface area contributed by atoms with Crippen LogP contribution in [0.3, 0.4) is 0 Å². The second-order valence-electron chi connectivity index (χ2n) is 10.5. The molecule has 180 valence electrons. The smallest absolute Gasteiger partial charge is 0.127 e. The monoisotopic (exact) mass is 475 g/mol. The lowest BCUT2D eigenvalue weighted by molar-refractivity contribution is 0.0305. The summed E-state index contributed by atoms with van der Waals surface area (Å²) in [6, 6.07) is 16.1. The van der Waals surface area contributed by atoms with Crippen molar-refractivity contribution in [1.29, 1.82) is 5.26 Å². The van der Waals surface area contributed by atoms with Gasteiger partial charge in [-0.25, -0.2) is 4.98 Å². The lowest BCUT2D eigenvalue weighted by Gasteiger charge is -2.39. The number of nitrogens with one attached hydrogen (secondary N) is 1. The quantitative estimate of drug-likeness (QED) is 0.270. The summed E-state index contributed by atoms with van der Waals surface area (Å²) in [6.07, 6.45) is 6.55. The predicted molar refractivity (Wildman–Crippen MR) is 139 cm³/mol. The van der Waals surface area contributed by atoms with Crippen LogP contribution < -0.4 is 0 Å². The Balaban J connectivity index is 1.67. The van der Waals surface area contributed by atoms with Crippen molar-refractivity contribution in [2.75, 3.05) is 19.8 Å². The highest BCUT2D eigenvalue weighted by molar-refractivity contribution is 6.76. The van der Waals surface area contributed by atoms with Gasteiger partial charge in [0.15, 0.2) is 0 Å². The molecule has 2 atom stereocenters. The van der Waals surface area contributed by atoms with Gasteiger partial charge in [-0.2, -0.15) is 5.26 Å². The molecule has 1 aliphatic rings. The van der Waals surface area contributed by atoms with Crippen molar-refractivity contribution in [2.45, 2.75) is 69.9 Å². The number of nitrogens with zero attached hydrogens (tertiary/aromatic N) is 4. The molecule has 2 unspecified atom stereocenters. The predicted octanol–water partition coefficient (Wildman–Crippen LogP) is 6.04. The van der Waals surface area contributed by atoms with Gasteiger partial charge in [-0.05, 0) is 55.5 Å². The van der Waals surface area contributed by atoms with Crippen LogP contribution in [-0.4, -0.2) is 47.7 Å². The number of H-pyrrole nitrogens is 1. The van der Waals surface area contributed by atoms with E-state index in [9.17, 15) is 5.26 Å². The SMILES string of the molecule is C[Si](C)(C)CCOCC(c1nc2ccccc2[nH]1)N(CCCC#N)C1CCCc2cccnc21. The van der Waals surface area contributed by atoms with Gasteiger partial charge in [0.2, 0.25) is 0 Å². The Hall–Kier alpha value is -2.53. The zero-order chi connectivity index (χ0) is 24.0. The molecule has 1 aliphatic carbocycles. The fourth-order valence-corrected chi connectivity index (χ4v) is 5.57. The van der Waals surface area contributed by atoms with Crippen molar-refractivity contribution in [1.82, 2.24) is 19.9 Å². The van der Waals surface area contributed by atoms with Crippen LogP contribution in [-0.2, 0) is 11.2 Å². The highest BCUT2D eigenvalue weighted by Crippen LogP contribution is 2.38. The summed E-state index contributed by atoms with van der Waals surface area (Å²) in [6.45, 7) is 9.31. The molecule has 1 N–H and O–H groups in total.